The quantitative estimate of drug-likeness (QED) is 0.595. The van der Waals surface area contributed by atoms with Crippen molar-refractivity contribution in [2.45, 2.75) is 0 Å². The van der Waals surface area contributed by atoms with E-state index in [1.165, 1.54) is 23.2 Å². The van der Waals surface area contributed by atoms with Crippen LogP contribution in [0.1, 0.15) is 0 Å². The molecule has 0 amide bonds. The molecule has 0 aliphatic carbocycles. The van der Waals surface area contributed by atoms with E-state index in [1.807, 2.05) is 0 Å². The summed E-state index contributed by atoms with van der Waals surface area (Å²) in [6, 6.07) is 4.52. The van der Waals surface area contributed by atoms with Crippen molar-refractivity contribution in [3.63, 3.8) is 0 Å². The molecule has 2 N–H and O–H groups in total. The highest BCUT2D eigenvalue weighted by Crippen LogP contribution is 2.36. The monoisotopic (exact) mass is 370 g/mol. The first-order valence-corrected chi connectivity index (χ1v) is 7.76. The number of hydrogen-bond acceptors (Lipinski definition) is 6. The second kappa shape index (κ2) is 6.20. The fraction of sp³-hybridized carbons (Fsp3) is 0.0556. The number of halogens is 2. The molecule has 0 aliphatic heterocycles. The third kappa shape index (κ3) is 2.88. The number of nitrogens with zero attached hydrogens (tertiary/aromatic N) is 3. The molecule has 0 aliphatic rings. The van der Waals surface area contributed by atoms with Crippen LogP contribution in [0.2, 0.25) is 0 Å². The lowest BCUT2D eigenvalue weighted by atomic mass is 10.1. The molecule has 0 atom stereocenters. The highest BCUT2D eigenvalue weighted by atomic mass is 19.1. The number of benzene rings is 1. The van der Waals surface area contributed by atoms with Crippen LogP contribution < -0.4 is 16.0 Å². The topological polar surface area (TPSA) is 96.2 Å². The van der Waals surface area contributed by atoms with Gasteiger partial charge in [-0.3, -0.25) is 4.79 Å². The Morgan fingerprint density at radius 2 is 2.04 bits per heavy atom. The van der Waals surface area contributed by atoms with Gasteiger partial charge >= 0.3 is 0 Å². The molecule has 0 saturated carbocycles. The minimum Gasteiger partial charge on any atom is -0.458 e. The number of furan rings is 1. The van der Waals surface area contributed by atoms with Gasteiger partial charge in [-0.15, -0.1) is 0 Å². The molecule has 0 spiro atoms. The highest BCUT2D eigenvalue weighted by molar-refractivity contribution is 5.93. The molecular weight excluding hydrogens is 358 g/mol. The van der Waals surface area contributed by atoms with Gasteiger partial charge in [-0.25, -0.2) is 18.7 Å². The molecule has 0 bridgehead atoms. The molecule has 4 rings (SSSR count). The van der Waals surface area contributed by atoms with Crippen molar-refractivity contribution in [1.29, 1.82) is 0 Å². The molecule has 136 valence electrons. The molecule has 7 nitrogen and oxygen atoms in total. The Morgan fingerprint density at radius 3 is 2.81 bits per heavy atom. The molecular formula is C18H12F2N4O3. The summed E-state index contributed by atoms with van der Waals surface area (Å²) < 4.78 is 39.2. The van der Waals surface area contributed by atoms with Crippen molar-refractivity contribution < 1.29 is 17.9 Å². The molecule has 1 aromatic carbocycles. The molecule has 0 fully saturated rings. The molecule has 0 unspecified atom stereocenters. The normalized spacial score (nSPS) is 11.1. The van der Waals surface area contributed by atoms with Crippen LogP contribution in [0.25, 0.3) is 22.2 Å². The second-order valence-electron chi connectivity index (χ2n) is 5.74. The smallest absolute Gasteiger partial charge is 0.293 e. The molecule has 9 heteroatoms. The zero-order valence-electron chi connectivity index (χ0n) is 13.9. The lowest BCUT2D eigenvalue weighted by molar-refractivity contribution is 0.436. The minimum absolute atomic E-state index is 0.0394. The number of rotatable bonds is 3. The van der Waals surface area contributed by atoms with Gasteiger partial charge in [0.1, 0.15) is 11.5 Å². The van der Waals surface area contributed by atoms with Gasteiger partial charge in [-0.05, 0) is 18.2 Å². The maximum atomic E-state index is 14.0. The van der Waals surface area contributed by atoms with E-state index in [4.69, 9.17) is 14.9 Å². The summed E-state index contributed by atoms with van der Waals surface area (Å²) in [5, 5.41) is 0.487. The Labute approximate surface area is 150 Å². The Kier molecular flexibility index (Phi) is 3.84. The van der Waals surface area contributed by atoms with Crippen LogP contribution >= 0.6 is 0 Å². The number of aromatic nitrogens is 3. The summed E-state index contributed by atoms with van der Waals surface area (Å²) >= 11 is 0. The first kappa shape index (κ1) is 16.7. The Bertz CT molecular complexity index is 1230. The molecule has 27 heavy (non-hydrogen) atoms. The zero-order chi connectivity index (χ0) is 19.1. The summed E-state index contributed by atoms with van der Waals surface area (Å²) in [5.74, 6) is -1.78. The van der Waals surface area contributed by atoms with Crippen LogP contribution in [0.3, 0.4) is 0 Å². The van der Waals surface area contributed by atoms with Crippen molar-refractivity contribution >= 4 is 16.9 Å². The maximum absolute atomic E-state index is 14.0. The van der Waals surface area contributed by atoms with E-state index in [0.29, 0.717) is 17.0 Å². The summed E-state index contributed by atoms with van der Waals surface area (Å²) in [7, 11) is 1.55. The number of ether oxygens (including phenoxy) is 1. The van der Waals surface area contributed by atoms with Crippen LogP contribution in [0.15, 0.2) is 52.1 Å². The number of fused-ring (bicyclic) bond motifs is 1. The highest BCUT2D eigenvalue weighted by Gasteiger charge is 2.19. The van der Waals surface area contributed by atoms with Crippen LogP contribution in [-0.4, -0.2) is 14.5 Å². The third-order valence-electron chi connectivity index (χ3n) is 3.94. The van der Waals surface area contributed by atoms with E-state index in [9.17, 15) is 13.6 Å². The lowest BCUT2D eigenvalue weighted by Gasteiger charge is -2.12. The van der Waals surface area contributed by atoms with Gasteiger partial charge in [0, 0.05) is 30.3 Å². The minimum atomic E-state index is -0.883. The van der Waals surface area contributed by atoms with Gasteiger partial charge in [-0.1, -0.05) is 0 Å². The van der Waals surface area contributed by atoms with Crippen LogP contribution in [0.5, 0.6) is 11.5 Å². The van der Waals surface area contributed by atoms with Crippen molar-refractivity contribution in [3.05, 3.63) is 64.9 Å². The standard InChI is InChI=1S/C18H12F2N4O3/c1-24-8-11(10-4-5-26-16(10)17(24)25)15-14(7-22-18(21)23-15)27-13-3-2-9(19)6-12(13)20/h2-8H,1H3,(H2,21,22,23). The maximum Gasteiger partial charge on any atom is 0.293 e. The molecule has 3 heterocycles. The zero-order valence-corrected chi connectivity index (χ0v) is 13.9. The van der Waals surface area contributed by atoms with Gasteiger partial charge in [0.2, 0.25) is 5.95 Å². The summed E-state index contributed by atoms with van der Waals surface area (Å²) in [6.45, 7) is 0. The predicted molar refractivity (Wildman–Crippen MR) is 93.3 cm³/mol. The van der Waals surface area contributed by atoms with Gasteiger partial charge < -0.3 is 19.5 Å². The molecule has 0 saturated heterocycles. The number of pyridine rings is 1. The van der Waals surface area contributed by atoms with Crippen molar-refractivity contribution in [3.8, 4) is 22.8 Å². The van der Waals surface area contributed by atoms with E-state index >= 15 is 0 Å². The van der Waals surface area contributed by atoms with Gasteiger partial charge in [-0.2, -0.15) is 0 Å². The Morgan fingerprint density at radius 1 is 1.22 bits per heavy atom. The van der Waals surface area contributed by atoms with E-state index in [0.717, 1.165) is 12.1 Å². The van der Waals surface area contributed by atoms with E-state index < -0.39 is 11.6 Å². The number of nitrogens with two attached hydrogens (primary N) is 1. The fourth-order valence-electron chi connectivity index (χ4n) is 2.69. The predicted octanol–water partition coefficient (Wildman–Crippen LogP) is 3.24. The number of nitrogen functional groups attached to an aromatic ring is 1. The van der Waals surface area contributed by atoms with Crippen LogP contribution in [0, 0.1) is 11.6 Å². The van der Waals surface area contributed by atoms with Crippen LogP contribution in [0.4, 0.5) is 14.7 Å². The van der Waals surface area contributed by atoms with E-state index in [1.54, 1.807) is 13.1 Å². The largest absolute Gasteiger partial charge is 0.458 e. The van der Waals surface area contributed by atoms with E-state index in [-0.39, 0.29) is 34.3 Å². The third-order valence-corrected chi connectivity index (χ3v) is 3.94. The Hall–Kier alpha value is -3.75. The number of hydrogen-bond donors (Lipinski definition) is 1. The van der Waals surface area contributed by atoms with Gasteiger partial charge in [0.15, 0.2) is 22.9 Å². The molecule has 4 aromatic rings. The lowest BCUT2D eigenvalue weighted by Crippen LogP contribution is -2.16. The van der Waals surface area contributed by atoms with Crippen LogP contribution in [-0.2, 0) is 7.05 Å². The van der Waals surface area contributed by atoms with Crippen molar-refractivity contribution in [1.82, 2.24) is 14.5 Å². The van der Waals surface area contributed by atoms with E-state index in [2.05, 4.69) is 9.97 Å². The van der Waals surface area contributed by atoms with Gasteiger partial charge in [0.05, 0.1) is 12.5 Å². The molecule has 3 aromatic heterocycles. The Balaban J connectivity index is 1.92. The summed E-state index contributed by atoms with van der Waals surface area (Å²) in [5.41, 5.74) is 6.22. The number of anilines is 1. The summed E-state index contributed by atoms with van der Waals surface area (Å²) in [6.07, 6.45) is 4.19. The first-order valence-electron chi connectivity index (χ1n) is 7.76. The van der Waals surface area contributed by atoms with Crippen molar-refractivity contribution in [2.75, 3.05) is 5.73 Å². The van der Waals surface area contributed by atoms with Gasteiger partial charge in [0.25, 0.3) is 5.56 Å². The number of aryl methyl sites for hydroxylation is 1. The van der Waals surface area contributed by atoms with Crippen molar-refractivity contribution in [2.24, 2.45) is 7.05 Å². The average Bonchev–Trinajstić information content (AvgIpc) is 3.12. The first-order chi connectivity index (χ1) is 12.9. The second-order valence-corrected chi connectivity index (χ2v) is 5.74. The SMILES string of the molecule is Cn1cc(-c2nc(N)ncc2Oc2ccc(F)cc2F)c2ccoc2c1=O. The summed E-state index contributed by atoms with van der Waals surface area (Å²) in [4.78, 5) is 20.2. The average molecular weight is 370 g/mol. The fourth-order valence-corrected chi connectivity index (χ4v) is 2.69. The molecule has 0 radical (unpaired) electrons.